The lowest BCUT2D eigenvalue weighted by atomic mass is 9.99. The van der Waals surface area contributed by atoms with Crippen molar-refractivity contribution < 1.29 is 27.5 Å². The Bertz CT molecular complexity index is 1050. The smallest absolute Gasteiger partial charge is 0.416 e. The molecule has 2 aliphatic rings. The summed E-state index contributed by atoms with van der Waals surface area (Å²) in [6.45, 7) is 0.669. The minimum atomic E-state index is -4.47. The van der Waals surface area contributed by atoms with Crippen LogP contribution in [-0.4, -0.2) is 18.5 Å². The minimum absolute atomic E-state index is 0.116. The predicted octanol–water partition coefficient (Wildman–Crippen LogP) is 4.54. The lowest BCUT2D eigenvalue weighted by Crippen LogP contribution is -2.33. The molecule has 0 unspecified atom stereocenters. The van der Waals surface area contributed by atoms with Gasteiger partial charge in [-0.15, -0.1) is 0 Å². The number of hydrogen-bond donors (Lipinski definition) is 3. The van der Waals surface area contributed by atoms with E-state index in [1.165, 1.54) is 12.1 Å². The van der Waals surface area contributed by atoms with Crippen molar-refractivity contribution in [3.8, 4) is 5.75 Å². The van der Waals surface area contributed by atoms with Gasteiger partial charge in [0.05, 0.1) is 12.2 Å². The fourth-order valence-corrected chi connectivity index (χ4v) is 3.42. The standard InChI is InChI=1S/C21H18F3N3O3/c22-21(23,24)14-4-6-16-12(2-1-7-30-18(16)9-14)8-19(28)26-15-5-3-13-11-25-20(29)27-17(13)10-15/h3-6,8-10H,1-2,7,11H2,(H,26,28)(H2,25,27,29). The molecular weight excluding hydrogens is 399 g/mol. The number of halogens is 3. The van der Waals surface area contributed by atoms with Gasteiger partial charge in [-0.2, -0.15) is 13.2 Å². The van der Waals surface area contributed by atoms with Gasteiger partial charge in [0, 0.05) is 29.6 Å². The van der Waals surface area contributed by atoms with Crippen LogP contribution in [0.25, 0.3) is 5.57 Å². The highest BCUT2D eigenvalue weighted by Crippen LogP contribution is 2.38. The predicted molar refractivity (Wildman–Crippen MR) is 105 cm³/mol. The van der Waals surface area contributed by atoms with Gasteiger partial charge in [0.1, 0.15) is 5.75 Å². The quantitative estimate of drug-likeness (QED) is 0.628. The molecule has 3 N–H and O–H groups in total. The summed E-state index contributed by atoms with van der Waals surface area (Å²) in [5, 5.41) is 8.05. The molecule has 2 aromatic rings. The van der Waals surface area contributed by atoms with E-state index >= 15 is 0 Å². The van der Waals surface area contributed by atoms with E-state index in [0.717, 1.165) is 17.7 Å². The zero-order valence-corrected chi connectivity index (χ0v) is 15.7. The van der Waals surface area contributed by atoms with E-state index in [4.69, 9.17) is 4.74 Å². The van der Waals surface area contributed by atoms with Crippen molar-refractivity contribution in [2.24, 2.45) is 0 Å². The van der Waals surface area contributed by atoms with Gasteiger partial charge in [0.15, 0.2) is 0 Å². The molecule has 0 aliphatic carbocycles. The maximum absolute atomic E-state index is 13.0. The number of allylic oxidation sites excluding steroid dienone is 1. The lowest BCUT2D eigenvalue weighted by Gasteiger charge is -2.19. The monoisotopic (exact) mass is 417 g/mol. The first kappa shape index (κ1) is 19.8. The van der Waals surface area contributed by atoms with Gasteiger partial charge in [-0.1, -0.05) is 12.1 Å². The highest BCUT2D eigenvalue weighted by Gasteiger charge is 2.32. The van der Waals surface area contributed by atoms with E-state index in [1.54, 1.807) is 18.2 Å². The highest BCUT2D eigenvalue weighted by molar-refractivity contribution is 6.05. The maximum atomic E-state index is 13.0. The van der Waals surface area contributed by atoms with Crippen molar-refractivity contribution in [1.29, 1.82) is 0 Å². The van der Waals surface area contributed by atoms with E-state index in [-0.39, 0.29) is 18.4 Å². The van der Waals surface area contributed by atoms with Gasteiger partial charge in [0.25, 0.3) is 0 Å². The Morgan fingerprint density at radius 3 is 2.80 bits per heavy atom. The highest BCUT2D eigenvalue weighted by atomic mass is 19.4. The van der Waals surface area contributed by atoms with Gasteiger partial charge in [-0.3, -0.25) is 4.79 Å². The number of hydrogen-bond acceptors (Lipinski definition) is 3. The van der Waals surface area contributed by atoms with Crippen LogP contribution in [0.4, 0.5) is 29.3 Å². The Morgan fingerprint density at radius 2 is 2.00 bits per heavy atom. The number of alkyl halides is 3. The summed E-state index contributed by atoms with van der Waals surface area (Å²) >= 11 is 0. The topological polar surface area (TPSA) is 79.5 Å². The number of rotatable bonds is 2. The Labute approximate surface area is 170 Å². The second-order valence-electron chi connectivity index (χ2n) is 7.00. The molecule has 0 spiro atoms. The number of carbonyl (C=O) groups is 2. The lowest BCUT2D eigenvalue weighted by molar-refractivity contribution is -0.137. The number of nitrogens with one attached hydrogen (secondary N) is 3. The zero-order valence-electron chi connectivity index (χ0n) is 15.7. The van der Waals surface area contributed by atoms with Crippen molar-refractivity contribution in [2.45, 2.75) is 25.6 Å². The molecule has 30 heavy (non-hydrogen) atoms. The molecule has 3 amide bonds. The van der Waals surface area contributed by atoms with Crippen LogP contribution >= 0.6 is 0 Å². The summed E-state index contributed by atoms with van der Waals surface area (Å²) in [7, 11) is 0. The van der Waals surface area contributed by atoms with E-state index in [1.807, 2.05) is 0 Å². The third-order valence-electron chi connectivity index (χ3n) is 4.87. The van der Waals surface area contributed by atoms with Crippen molar-refractivity contribution in [3.05, 3.63) is 59.2 Å². The van der Waals surface area contributed by atoms with Gasteiger partial charge < -0.3 is 20.7 Å². The minimum Gasteiger partial charge on any atom is -0.493 e. The summed E-state index contributed by atoms with van der Waals surface area (Å²) in [5.74, 6) is -0.302. The van der Waals surface area contributed by atoms with Crippen molar-refractivity contribution in [2.75, 3.05) is 17.2 Å². The van der Waals surface area contributed by atoms with E-state index in [2.05, 4.69) is 16.0 Å². The third kappa shape index (κ3) is 4.24. The average molecular weight is 417 g/mol. The Hall–Kier alpha value is -3.49. The fourth-order valence-electron chi connectivity index (χ4n) is 3.42. The van der Waals surface area contributed by atoms with Crippen LogP contribution in [0.5, 0.6) is 5.75 Å². The normalized spacial score (nSPS) is 17.0. The molecule has 156 valence electrons. The van der Waals surface area contributed by atoms with Crippen LogP contribution < -0.4 is 20.7 Å². The summed E-state index contributed by atoms with van der Waals surface area (Å²) in [5.41, 5.74) is 2.27. The van der Waals surface area contributed by atoms with Crippen molar-refractivity contribution in [1.82, 2.24) is 5.32 Å². The van der Waals surface area contributed by atoms with Crippen LogP contribution in [0.1, 0.15) is 29.5 Å². The van der Waals surface area contributed by atoms with Crippen LogP contribution in [0.15, 0.2) is 42.5 Å². The molecule has 0 saturated heterocycles. The first-order valence-electron chi connectivity index (χ1n) is 9.33. The average Bonchev–Trinajstić information content (AvgIpc) is 2.88. The molecule has 0 fully saturated rings. The molecule has 2 aliphatic heterocycles. The third-order valence-corrected chi connectivity index (χ3v) is 4.87. The number of amides is 3. The second kappa shape index (κ2) is 7.74. The molecular formula is C21H18F3N3O3. The molecule has 0 aromatic heterocycles. The number of ether oxygens (including phenoxy) is 1. The van der Waals surface area contributed by atoms with E-state index in [0.29, 0.717) is 41.9 Å². The van der Waals surface area contributed by atoms with Gasteiger partial charge >= 0.3 is 12.2 Å². The van der Waals surface area contributed by atoms with Gasteiger partial charge in [-0.05, 0) is 48.2 Å². The molecule has 0 radical (unpaired) electrons. The fraction of sp³-hybridized carbons (Fsp3) is 0.238. The van der Waals surface area contributed by atoms with E-state index in [9.17, 15) is 22.8 Å². The molecule has 4 rings (SSSR count). The molecule has 9 heteroatoms. The molecule has 0 bridgehead atoms. The number of urea groups is 1. The van der Waals surface area contributed by atoms with Crippen LogP contribution in [0.3, 0.4) is 0 Å². The van der Waals surface area contributed by atoms with Crippen molar-refractivity contribution in [3.63, 3.8) is 0 Å². The van der Waals surface area contributed by atoms with Crippen molar-refractivity contribution >= 4 is 28.9 Å². The zero-order chi connectivity index (χ0) is 21.3. The van der Waals surface area contributed by atoms with Gasteiger partial charge in [0.2, 0.25) is 5.91 Å². The first-order valence-corrected chi connectivity index (χ1v) is 9.33. The number of carbonyl (C=O) groups excluding carboxylic acids is 2. The Morgan fingerprint density at radius 1 is 1.17 bits per heavy atom. The Kier molecular flexibility index (Phi) is 5.11. The molecule has 2 heterocycles. The maximum Gasteiger partial charge on any atom is 0.416 e. The molecule has 0 atom stereocenters. The number of fused-ring (bicyclic) bond motifs is 2. The SMILES string of the molecule is O=C(C=C1CCCOc2cc(C(F)(F)F)ccc21)Nc1ccc2c(c1)NC(=O)NC2. The number of benzene rings is 2. The summed E-state index contributed by atoms with van der Waals surface area (Å²) in [4.78, 5) is 24.0. The summed E-state index contributed by atoms with van der Waals surface area (Å²) in [6.07, 6.45) is -2.02. The molecule has 6 nitrogen and oxygen atoms in total. The van der Waals surface area contributed by atoms with Crippen LogP contribution in [-0.2, 0) is 17.5 Å². The first-order chi connectivity index (χ1) is 14.3. The summed E-state index contributed by atoms with van der Waals surface area (Å²) < 4.78 is 44.4. The van der Waals surface area contributed by atoms with Crippen LogP contribution in [0, 0.1) is 0 Å². The van der Waals surface area contributed by atoms with E-state index < -0.39 is 17.6 Å². The summed E-state index contributed by atoms with van der Waals surface area (Å²) in [6, 6.07) is 8.13. The number of anilines is 2. The molecule has 2 aromatic carbocycles. The Balaban J connectivity index is 1.57. The second-order valence-corrected chi connectivity index (χ2v) is 7.00. The van der Waals surface area contributed by atoms with Crippen LogP contribution in [0.2, 0.25) is 0 Å². The molecule has 0 saturated carbocycles. The largest absolute Gasteiger partial charge is 0.493 e. The van der Waals surface area contributed by atoms with Gasteiger partial charge in [-0.25, -0.2) is 4.79 Å².